The molecule has 1 N–H and O–H groups in total. The number of carbonyl (C=O) groups excluding carboxylic acids is 1. The number of ether oxygens (including phenoxy) is 1. The van der Waals surface area contributed by atoms with Crippen molar-refractivity contribution >= 4 is 23.5 Å². The van der Waals surface area contributed by atoms with Gasteiger partial charge in [0.25, 0.3) is 0 Å². The molecule has 0 radical (unpaired) electrons. The Balaban J connectivity index is 1.87. The molecule has 0 aliphatic carbocycles. The molecular weight excluding hydrogens is 306 g/mol. The predicted molar refractivity (Wildman–Crippen MR) is 83.1 cm³/mol. The lowest BCUT2D eigenvalue weighted by atomic mass is 9.90. The van der Waals surface area contributed by atoms with Gasteiger partial charge in [0.05, 0.1) is 24.0 Å². The molecule has 120 valence electrons. The van der Waals surface area contributed by atoms with E-state index in [1.54, 1.807) is 24.0 Å². The molecule has 1 aromatic rings. The summed E-state index contributed by atoms with van der Waals surface area (Å²) in [5, 5.41) is 9.69. The molecule has 1 heterocycles. The number of aliphatic carboxylic acids is 1. The van der Waals surface area contributed by atoms with Crippen LogP contribution in [0.25, 0.3) is 0 Å². The van der Waals surface area contributed by atoms with Crippen LogP contribution in [-0.2, 0) is 9.59 Å². The number of hydrogen-bond donors (Lipinski definition) is 1. The maximum Gasteiger partial charge on any atom is 0.308 e. The van der Waals surface area contributed by atoms with Crippen LogP contribution in [0.1, 0.15) is 26.2 Å². The Morgan fingerprint density at radius 2 is 2.14 bits per heavy atom. The van der Waals surface area contributed by atoms with Crippen LogP contribution in [0.4, 0.5) is 0 Å². The molecule has 1 saturated heterocycles. The Bertz CT molecular complexity index is 549. The highest BCUT2D eigenvalue weighted by atomic mass is 35.5. The topological polar surface area (TPSA) is 66.8 Å². The fourth-order valence-electron chi connectivity index (χ4n) is 2.78. The smallest absolute Gasteiger partial charge is 0.308 e. The van der Waals surface area contributed by atoms with Gasteiger partial charge in [-0.2, -0.15) is 0 Å². The number of halogens is 1. The zero-order valence-corrected chi connectivity index (χ0v) is 13.3. The minimum atomic E-state index is -0.836. The van der Waals surface area contributed by atoms with Gasteiger partial charge in [-0.25, -0.2) is 0 Å². The van der Waals surface area contributed by atoms with E-state index in [0.717, 1.165) is 6.42 Å². The Labute approximate surface area is 134 Å². The van der Waals surface area contributed by atoms with Gasteiger partial charge in [-0.15, -0.1) is 0 Å². The summed E-state index contributed by atoms with van der Waals surface area (Å²) in [5.74, 6) is -0.850. The van der Waals surface area contributed by atoms with E-state index in [-0.39, 0.29) is 25.0 Å². The molecule has 2 atom stereocenters. The fraction of sp³-hybridized carbons (Fsp3) is 0.500. The third kappa shape index (κ3) is 3.91. The number of carboxylic acid groups (broad SMARTS) is 1. The van der Waals surface area contributed by atoms with Crippen LogP contribution in [0.3, 0.4) is 0 Å². The number of nitrogens with zero attached hydrogens (tertiary/aromatic N) is 1. The number of likely N-dealkylation sites (tertiary alicyclic amines) is 1. The summed E-state index contributed by atoms with van der Waals surface area (Å²) >= 11 is 5.98. The highest BCUT2D eigenvalue weighted by molar-refractivity contribution is 6.32. The lowest BCUT2D eigenvalue weighted by Gasteiger charge is -2.37. The number of rotatable bonds is 5. The number of amides is 1. The third-order valence-electron chi connectivity index (χ3n) is 4.04. The van der Waals surface area contributed by atoms with Gasteiger partial charge in [0.2, 0.25) is 5.91 Å². The molecule has 1 amide bonds. The maximum absolute atomic E-state index is 12.3. The Morgan fingerprint density at radius 1 is 1.41 bits per heavy atom. The van der Waals surface area contributed by atoms with E-state index in [1.807, 2.05) is 12.1 Å². The third-order valence-corrected chi connectivity index (χ3v) is 4.35. The summed E-state index contributed by atoms with van der Waals surface area (Å²) < 4.78 is 5.51. The number of hydrogen-bond acceptors (Lipinski definition) is 3. The number of piperidine rings is 1. The first-order valence-electron chi connectivity index (χ1n) is 7.40. The van der Waals surface area contributed by atoms with E-state index < -0.39 is 11.9 Å². The zero-order chi connectivity index (χ0) is 16.1. The molecule has 0 bridgehead atoms. The maximum atomic E-state index is 12.3. The molecule has 1 aromatic carbocycles. The molecule has 2 rings (SSSR count). The average Bonchev–Trinajstić information content (AvgIpc) is 2.49. The van der Waals surface area contributed by atoms with Gasteiger partial charge < -0.3 is 14.7 Å². The van der Waals surface area contributed by atoms with Gasteiger partial charge in [0.15, 0.2) is 0 Å². The van der Waals surface area contributed by atoms with Gasteiger partial charge in [-0.05, 0) is 31.9 Å². The second kappa shape index (κ2) is 7.49. The van der Waals surface area contributed by atoms with Crippen molar-refractivity contribution in [2.45, 2.75) is 32.2 Å². The summed E-state index contributed by atoms with van der Waals surface area (Å²) in [4.78, 5) is 25.1. The summed E-state index contributed by atoms with van der Waals surface area (Å²) in [6.07, 6.45) is 1.55. The highest BCUT2D eigenvalue weighted by Crippen LogP contribution is 2.25. The van der Waals surface area contributed by atoms with Gasteiger partial charge in [0.1, 0.15) is 5.75 Å². The van der Waals surface area contributed by atoms with Gasteiger partial charge in [-0.3, -0.25) is 9.59 Å². The predicted octanol–water partition coefficient (Wildman–Crippen LogP) is 2.82. The van der Waals surface area contributed by atoms with E-state index in [1.165, 1.54) is 0 Å². The van der Waals surface area contributed by atoms with E-state index in [4.69, 9.17) is 16.3 Å². The number of carboxylic acids is 1. The molecular formula is C16H20ClNO4. The molecule has 0 unspecified atom stereocenters. The minimum absolute atomic E-state index is 0.0782. The second-order valence-corrected chi connectivity index (χ2v) is 5.85. The van der Waals surface area contributed by atoms with Gasteiger partial charge in [-0.1, -0.05) is 23.7 Å². The van der Waals surface area contributed by atoms with Crippen LogP contribution in [0, 0.1) is 5.92 Å². The molecule has 1 aliphatic rings. The lowest BCUT2D eigenvalue weighted by molar-refractivity contribution is -0.149. The van der Waals surface area contributed by atoms with Crippen LogP contribution in [0.2, 0.25) is 5.02 Å². The summed E-state index contributed by atoms with van der Waals surface area (Å²) in [6, 6.07) is 6.81. The van der Waals surface area contributed by atoms with Crippen molar-refractivity contribution in [3.63, 3.8) is 0 Å². The van der Waals surface area contributed by atoms with Gasteiger partial charge >= 0.3 is 5.97 Å². The summed E-state index contributed by atoms with van der Waals surface area (Å²) in [6.45, 7) is 2.63. The summed E-state index contributed by atoms with van der Waals surface area (Å²) in [7, 11) is 0. The molecule has 1 aliphatic heterocycles. The van der Waals surface area contributed by atoms with Crippen LogP contribution >= 0.6 is 11.6 Å². The van der Waals surface area contributed by atoms with Crippen LogP contribution in [0.5, 0.6) is 5.75 Å². The Kier molecular flexibility index (Phi) is 5.66. The molecule has 0 spiro atoms. The van der Waals surface area contributed by atoms with E-state index >= 15 is 0 Å². The number of para-hydroxylation sites is 1. The summed E-state index contributed by atoms with van der Waals surface area (Å²) in [5.41, 5.74) is 0. The van der Waals surface area contributed by atoms with Crippen LogP contribution in [-0.4, -0.2) is 41.1 Å². The minimum Gasteiger partial charge on any atom is -0.491 e. The Morgan fingerprint density at radius 3 is 2.82 bits per heavy atom. The first-order valence-corrected chi connectivity index (χ1v) is 7.78. The van der Waals surface area contributed by atoms with E-state index in [9.17, 15) is 14.7 Å². The van der Waals surface area contributed by atoms with E-state index in [2.05, 4.69) is 0 Å². The largest absolute Gasteiger partial charge is 0.491 e. The average molecular weight is 326 g/mol. The molecule has 6 heteroatoms. The van der Waals surface area contributed by atoms with Crippen LogP contribution in [0.15, 0.2) is 24.3 Å². The fourth-order valence-corrected chi connectivity index (χ4v) is 2.97. The standard InChI is InChI=1S/C16H20ClNO4/c1-11-12(16(20)21)5-4-9-18(11)15(19)8-10-22-14-7-3-2-6-13(14)17/h2-3,6-7,11-12H,4-5,8-10H2,1H3,(H,20,21)/t11-,12-/m1/s1. The molecule has 0 saturated carbocycles. The van der Waals surface area contributed by atoms with Crippen LogP contribution < -0.4 is 4.74 Å². The quantitative estimate of drug-likeness (QED) is 0.904. The first-order chi connectivity index (χ1) is 10.5. The molecule has 22 heavy (non-hydrogen) atoms. The SMILES string of the molecule is C[C@@H]1[C@H](C(=O)O)CCCN1C(=O)CCOc1ccccc1Cl. The molecule has 1 fully saturated rings. The second-order valence-electron chi connectivity index (χ2n) is 5.44. The van der Waals surface area contributed by atoms with Crippen molar-refractivity contribution in [3.05, 3.63) is 29.3 Å². The lowest BCUT2D eigenvalue weighted by Crippen LogP contribution is -2.49. The van der Waals surface area contributed by atoms with Crippen molar-refractivity contribution in [3.8, 4) is 5.75 Å². The normalized spacial score (nSPS) is 21.5. The van der Waals surface area contributed by atoms with E-state index in [0.29, 0.717) is 23.7 Å². The first kappa shape index (κ1) is 16.6. The van der Waals surface area contributed by atoms with Crippen molar-refractivity contribution in [1.29, 1.82) is 0 Å². The number of benzene rings is 1. The molecule has 5 nitrogen and oxygen atoms in total. The highest BCUT2D eigenvalue weighted by Gasteiger charge is 2.34. The van der Waals surface area contributed by atoms with Crippen molar-refractivity contribution in [2.24, 2.45) is 5.92 Å². The van der Waals surface area contributed by atoms with Crippen molar-refractivity contribution in [2.75, 3.05) is 13.2 Å². The van der Waals surface area contributed by atoms with Crippen molar-refractivity contribution < 1.29 is 19.4 Å². The van der Waals surface area contributed by atoms with Gasteiger partial charge in [0, 0.05) is 12.6 Å². The number of carbonyl (C=O) groups is 2. The zero-order valence-electron chi connectivity index (χ0n) is 12.5. The monoisotopic (exact) mass is 325 g/mol. The Hall–Kier alpha value is -1.75. The molecule has 0 aromatic heterocycles. The van der Waals surface area contributed by atoms with Crippen molar-refractivity contribution in [1.82, 2.24) is 4.90 Å².